The summed E-state index contributed by atoms with van der Waals surface area (Å²) >= 11 is 5.02. The van der Waals surface area contributed by atoms with E-state index in [1.54, 1.807) is 19.2 Å². The molecule has 1 heterocycles. The van der Waals surface area contributed by atoms with Crippen molar-refractivity contribution in [2.75, 3.05) is 0 Å². The number of rotatable bonds is 4. The molecule has 0 unspecified atom stereocenters. The van der Waals surface area contributed by atoms with Gasteiger partial charge in [0.05, 0.1) is 16.9 Å². The topological polar surface area (TPSA) is 70.0 Å². The predicted molar refractivity (Wildman–Crippen MR) is 117 cm³/mol. The second kappa shape index (κ2) is 7.87. The number of aromatic nitrogens is 2. The highest BCUT2D eigenvalue weighted by Crippen LogP contribution is 2.29. The first-order valence-corrected chi connectivity index (χ1v) is 10.6. The molecule has 28 heavy (non-hydrogen) atoms. The molecule has 0 aliphatic rings. The molecule has 0 aliphatic heterocycles. The van der Waals surface area contributed by atoms with Crippen molar-refractivity contribution >= 4 is 33.9 Å². The Balaban J connectivity index is 2.21. The average molecular weight is 418 g/mol. The van der Waals surface area contributed by atoms with E-state index < -0.39 is 16.1 Å². The van der Waals surface area contributed by atoms with Crippen LogP contribution < -0.4 is 10.3 Å². The fourth-order valence-corrected chi connectivity index (χ4v) is 3.97. The number of hydrogen-bond donors (Lipinski definition) is 1. The van der Waals surface area contributed by atoms with Crippen molar-refractivity contribution in [1.82, 2.24) is 14.3 Å². The minimum absolute atomic E-state index is 0.170. The van der Waals surface area contributed by atoms with Gasteiger partial charge in [-0.25, -0.2) is 4.98 Å². The van der Waals surface area contributed by atoms with Crippen LogP contribution in [-0.2, 0) is 18.4 Å². The Morgan fingerprint density at radius 3 is 2.46 bits per heavy atom. The Morgan fingerprint density at radius 2 is 1.86 bits per heavy atom. The van der Waals surface area contributed by atoms with E-state index >= 15 is 0 Å². The maximum atomic E-state index is 13.0. The van der Waals surface area contributed by atoms with Crippen molar-refractivity contribution in [1.29, 1.82) is 0 Å². The van der Waals surface area contributed by atoms with Crippen molar-refractivity contribution in [3.63, 3.8) is 0 Å². The Morgan fingerprint density at radius 1 is 1.21 bits per heavy atom. The highest BCUT2D eigenvalue weighted by atomic mass is 35.5. The molecule has 1 aromatic heterocycles. The van der Waals surface area contributed by atoms with Gasteiger partial charge in [0.15, 0.2) is 0 Å². The Kier molecular flexibility index (Phi) is 5.87. The van der Waals surface area contributed by atoms with Gasteiger partial charge < -0.3 is 4.55 Å². The van der Waals surface area contributed by atoms with E-state index in [4.69, 9.17) is 16.6 Å². The molecule has 0 amide bonds. The zero-order chi connectivity index (χ0) is 20.6. The predicted octanol–water partition coefficient (Wildman–Crippen LogP) is 4.37. The molecule has 148 valence electrons. The highest BCUT2D eigenvalue weighted by Gasteiger charge is 2.29. The van der Waals surface area contributed by atoms with Crippen LogP contribution in [0.3, 0.4) is 0 Å². The monoisotopic (exact) mass is 417 g/mol. The summed E-state index contributed by atoms with van der Waals surface area (Å²) < 4.78 is 16.8. The van der Waals surface area contributed by atoms with Crippen LogP contribution in [0.4, 0.5) is 0 Å². The molecule has 0 saturated heterocycles. The van der Waals surface area contributed by atoms with Gasteiger partial charge in [-0.1, -0.05) is 41.9 Å². The summed E-state index contributed by atoms with van der Waals surface area (Å²) in [6.45, 7) is 7.61. The molecule has 1 N–H and O–H groups in total. The van der Waals surface area contributed by atoms with E-state index in [-0.39, 0.29) is 11.6 Å². The van der Waals surface area contributed by atoms with E-state index in [9.17, 15) is 9.35 Å². The van der Waals surface area contributed by atoms with Gasteiger partial charge in [0.1, 0.15) is 10.6 Å². The first-order chi connectivity index (χ1) is 13.1. The molecule has 0 bridgehead atoms. The third kappa shape index (κ3) is 4.10. The smallest absolute Gasteiger partial charge is 0.261 e. The van der Waals surface area contributed by atoms with Gasteiger partial charge in [0, 0.05) is 34.6 Å². The van der Waals surface area contributed by atoms with Crippen LogP contribution in [0.5, 0.6) is 0 Å². The van der Waals surface area contributed by atoms with Gasteiger partial charge in [-0.3, -0.25) is 9.36 Å². The zero-order valence-corrected chi connectivity index (χ0v) is 18.2. The summed E-state index contributed by atoms with van der Waals surface area (Å²) in [7, 11) is 1.70. The standard InChI is InChI=1S/C21H24ClN3O2S/c1-13(24-28(27)21(2,3)4)16-11-15(22)12-17-18(16)23-19(25(5)20(17)26)14-9-7-6-8-10-14/h6-13,24H,1-5H3/t13-,28-/m1/s1. The summed E-state index contributed by atoms with van der Waals surface area (Å²) in [5, 5.41) is 0.893. The number of hydrogen-bond acceptors (Lipinski definition) is 4. The lowest BCUT2D eigenvalue weighted by atomic mass is 10.0. The largest absolute Gasteiger partial charge is 0.598 e. The molecular weight excluding hydrogens is 394 g/mol. The number of fused-ring (bicyclic) bond motifs is 1. The van der Waals surface area contributed by atoms with Gasteiger partial charge in [-0.2, -0.15) is 0 Å². The van der Waals surface area contributed by atoms with Gasteiger partial charge in [0.25, 0.3) is 5.56 Å². The second-order valence-electron chi connectivity index (χ2n) is 7.78. The summed E-state index contributed by atoms with van der Waals surface area (Å²) in [5.41, 5.74) is 1.99. The van der Waals surface area contributed by atoms with Crippen LogP contribution in [0.2, 0.25) is 5.02 Å². The molecule has 7 heteroatoms. The van der Waals surface area contributed by atoms with Crippen LogP contribution in [0.25, 0.3) is 22.3 Å². The van der Waals surface area contributed by atoms with E-state index in [0.717, 1.165) is 11.1 Å². The minimum atomic E-state index is -1.27. The maximum absolute atomic E-state index is 13.0. The van der Waals surface area contributed by atoms with Crippen LogP contribution >= 0.6 is 11.6 Å². The van der Waals surface area contributed by atoms with Crippen molar-refractivity contribution in [2.45, 2.75) is 38.5 Å². The summed E-state index contributed by atoms with van der Waals surface area (Å²) in [5.74, 6) is 0.575. The lowest BCUT2D eigenvalue weighted by molar-refractivity contribution is 0.531. The van der Waals surface area contributed by atoms with Crippen LogP contribution in [-0.4, -0.2) is 18.9 Å². The first kappa shape index (κ1) is 20.9. The van der Waals surface area contributed by atoms with Crippen molar-refractivity contribution in [3.05, 3.63) is 63.4 Å². The number of nitrogens with one attached hydrogen (secondary N) is 1. The normalized spacial score (nSPS) is 14.2. The molecular formula is C21H24ClN3O2S. The highest BCUT2D eigenvalue weighted by molar-refractivity contribution is 7.90. The van der Waals surface area contributed by atoms with E-state index in [0.29, 0.717) is 21.7 Å². The number of benzene rings is 2. The second-order valence-corrected chi connectivity index (χ2v) is 10.2. The van der Waals surface area contributed by atoms with E-state index in [1.165, 1.54) is 4.57 Å². The van der Waals surface area contributed by atoms with Crippen molar-refractivity contribution in [2.24, 2.45) is 7.05 Å². The SMILES string of the molecule is C[C@@H](N[S@+]([O-])C(C)(C)C)c1cc(Cl)cc2c(=O)n(C)c(-c3ccccc3)nc12. The van der Waals surface area contributed by atoms with Gasteiger partial charge in [0.2, 0.25) is 0 Å². The lowest BCUT2D eigenvalue weighted by Gasteiger charge is -2.27. The maximum Gasteiger partial charge on any atom is 0.261 e. The number of nitrogens with zero attached hydrogens (tertiary/aromatic N) is 2. The van der Waals surface area contributed by atoms with Crippen molar-refractivity contribution < 1.29 is 4.55 Å². The lowest BCUT2D eigenvalue weighted by Crippen LogP contribution is -2.40. The molecule has 0 fully saturated rings. The fourth-order valence-electron chi connectivity index (χ4n) is 2.94. The molecule has 0 saturated carbocycles. The molecule has 5 nitrogen and oxygen atoms in total. The third-order valence-corrected chi connectivity index (χ3v) is 6.41. The van der Waals surface area contributed by atoms with Crippen LogP contribution in [0, 0.1) is 0 Å². The summed E-state index contributed by atoms with van der Waals surface area (Å²) in [6.07, 6.45) is 0. The Hall–Kier alpha value is -1.86. The summed E-state index contributed by atoms with van der Waals surface area (Å²) in [6, 6.07) is 12.7. The molecule has 0 spiro atoms. The van der Waals surface area contributed by atoms with Crippen LogP contribution in [0.15, 0.2) is 47.3 Å². The number of halogens is 1. The first-order valence-electron chi connectivity index (χ1n) is 9.03. The molecule has 3 rings (SSSR count). The molecule has 2 atom stereocenters. The summed E-state index contributed by atoms with van der Waals surface area (Å²) in [4.78, 5) is 17.8. The van der Waals surface area contributed by atoms with Gasteiger partial charge >= 0.3 is 0 Å². The molecule has 3 aromatic rings. The average Bonchev–Trinajstić information content (AvgIpc) is 2.64. The Labute approximate surface area is 173 Å². The van der Waals surface area contributed by atoms with Gasteiger partial charge in [-0.05, 0) is 39.8 Å². The fraction of sp³-hybridized carbons (Fsp3) is 0.333. The van der Waals surface area contributed by atoms with Crippen LogP contribution in [0.1, 0.15) is 39.3 Å². The molecule has 0 radical (unpaired) electrons. The van der Waals surface area contributed by atoms with Crippen molar-refractivity contribution in [3.8, 4) is 11.4 Å². The van der Waals surface area contributed by atoms with E-state index in [2.05, 4.69) is 4.72 Å². The minimum Gasteiger partial charge on any atom is -0.598 e. The van der Waals surface area contributed by atoms with Gasteiger partial charge in [-0.15, -0.1) is 4.72 Å². The third-order valence-electron chi connectivity index (χ3n) is 4.51. The quantitative estimate of drug-likeness (QED) is 0.640. The Bertz CT molecular complexity index is 1060. The molecule has 2 aromatic carbocycles. The molecule has 0 aliphatic carbocycles. The van der Waals surface area contributed by atoms with E-state index in [1.807, 2.05) is 58.0 Å². The zero-order valence-electron chi connectivity index (χ0n) is 16.6.